The van der Waals surface area contributed by atoms with Crippen LogP contribution in [0.15, 0.2) is 23.2 Å². The van der Waals surface area contributed by atoms with Gasteiger partial charge in [0.1, 0.15) is 6.61 Å². The number of ether oxygens (including phenoxy) is 1. The molecule has 0 aromatic heterocycles. The molecule has 1 aromatic carbocycles. The van der Waals surface area contributed by atoms with Crippen LogP contribution in [0, 0.1) is 6.92 Å². The van der Waals surface area contributed by atoms with Crippen molar-refractivity contribution < 1.29 is 4.74 Å². The van der Waals surface area contributed by atoms with Crippen molar-refractivity contribution in [2.75, 3.05) is 0 Å². The molecule has 0 bridgehead atoms. The summed E-state index contributed by atoms with van der Waals surface area (Å²) < 4.78 is 5.07. The van der Waals surface area contributed by atoms with E-state index in [1.54, 1.807) is 0 Å². The number of fused-ring (bicyclic) bond motifs is 1. The number of rotatable bonds is 0. The first-order chi connectivity index (χ1) is 5.77. The third-order valence-corrected chi connectivity index (χ3v) is 2.06. The van der Waals surface area contributed by atoms with E-state index in [1.165, 1.54) is 0 Å². The molecule has 1 aromatic rings. The Morgan fingerprint density at radius 3 is 3.17 bits per heavy atom. The second kappa shape index (κ2) is 2.79. The molecule has 62 valence electrons. The predicted molar refractivity (Wildman–Crippen MR) is 48.9 cm³/mol. The van der Waals surface area contributed by atoms with Crippen LogP contribution in [0.1, 0.15) is 11.1 Å². The van der Waals surface area contributed by atoms with Gasteiger partial charge in [-0.1, -0.05) is 18.2 Å². The van der Waals surface area contributed by atoms with Gasteiger partial charge in [0.25, 0.3) is 5.36 Å². The number of hydrogen-bond donors (Lipinski definition) is 0. The molecule has 0 unspecified atom stereocenters. The summed E-state index contributed by atoms with van der Waals surface area (Å²) in [7, 11) is 0. The van der Waals surface area contributed by atoms with Gasteiger partial charge >= 0.3 is 0 Å². The SMILES string of the molecule is Cc1cccc2c1N=C(Cl)OC2. The van der Waals surface area contributed by atoms with Gasteiger partial charge < -0.3 is 4.74 Å². The standard InChI is InChI=1S/C9H8ClNO/c1-6-3-2-4-7-5-12-9(10)11-8(6)7/h2-4H,5H2,1H3. The van der Waals surface area contributed by atoms with Crippen molar-refractivity contribution >= 4 is 22.6 Å². The van der Waals surface area contributed by atoms with Gasteiger partial charge in [0.05, 0.1) is 5.69 Å². The van der Waals surface area contributed by atoms with Gasteiger partial charge in [-0.25, -0.2) is 4.99 Å². The van der Waals surface area contributed by atoms with E-state index in [9.17, 15) is 0 Å². The minimum Gasteiger partial charge on any atom is -0.464 e. The number of halogens is 1. The lowest BCUT2D eigenvalue weighted by atomic mass is 10.1. The number of nitrogens with zero attached hydrogens (tertiary/aromatic N) is 1. The van der Waals surface area contributed by atoms with E-state index in [0.29, 0.717) is 6.61 Å². The molecule has 2 nitrogen and oxygen atoms in total. The lowest BCUT2D eigenvalue weighted by molar-refractivity contribution is 0.296. The van der Waals surface area contributed by atoms with Crippen molar-refractivity contribution in [1.82, 2.24) is 0 Å². The van der Waals surface area contributed by atoms with Crippen molar-refractivity contribution in [3.63, 3.8) is 0 Å². The zero-order valence-electron chi connectivity index (χ0n) is 6.67. The van der Waals surface area contributed by atoms with E-state index in [1.807, 2.05) is 25.1 Å². The van der Waals surface area contributed by atoms with E-state index >= 15 is 0 Å². The van der Waals surface area contributed by atoms with E-state index < -0.39 is 0 Å². The summed E-state index contributed by atoms with van der Waals surface area (Å²) >= 11 is 5.64. The van der Waals surface area contributed by atoms with Crippen LogP contribution in [0.25, 0.3) is 0 Å². The largest absolute Gasteiger partial charge is 0.464 e. The lowest BCUT2D eigenvalue weighted by Crippen LogP contribution is -2.03. The Morgan fingerprint density at radius 2 is 2.33 bits per heavy atom. The van der Waals surface area contributed by atoms with Crippen LogP contribution in [-0.2, 0) is 11.3 Å². The molecule has 1 aliphatic heterocycles. The van der Waals surface area contributed by atoms with E-state index in [0.717, 1.165) is 16.8 Å². The highest BCUT2D eigenvalue weighted by Gasteiger charge is 2.11. The monoisotopic (exact) mass is 181 g/mol. The predicted octanol–water partition coefficient (Wildman–Crippen LogP) is 2.75. The minimum absolute atomic E-state index is 0.233. The summed E-state index contributed by atoms with van der Waals surface area (Å²) in [6.07, 6.45) is 0. The molecule has 1 heterocycles. The summed E-state index contributed by atoms with van der Waals surface area (Å²) in [5.74, 6) is 0. The summed E-state index contributed by atoms with van der Waals surface area (Å²) in [6, 6.07) is 6.00. The quantitative estimate of drug-likeness (QED) is 0.603. The summed E-state index contributed by atoms with van der Waals surface area (Å²) in [6.45, 7) is 2.54. The van der Waals surface area contributed by atoms with Crippen LogP contribution in [0.4, 0.5) is 5.69 Å². The Kier molecular flexibility index (Phi) is 1.77. The molecule has 2 rings (SSSR count). The smallest absolute Gasteiger partial charge is 0.287 e. The van der Waals surface area contributed by atoms with Crippen molar-refractivity contribution in [2.45, 2.75) is 13.5 Å². The number of benzene rings is 1. The molecular weight excluding hydrogens is 174 g/mol. The first kappa shape index (κ1) is 7.62. The van der Waals surface area contributed by atoms with Crippen molar-refractivity contribution in [3.05, 3.63) is 29.3 Å². The van der Waals surface area contributed by atoms with Gasteiger partial charge in [-0.3, -0.25) is 0 Å². The summed E-state index contributed by atoms with van der Waals surface area (Å²) in [5, 5.41) is 0.233. The van der Waals surface area contributed by atoms with Crippen LogP contribution in [0.5, 0.6) is 0 Å². The van der Waals surface area contributed by atoms with E-state index in [2.05, 4.69) is 4.99 Å². The average Bonchev–Trinajstić information content (AvgIpc) is 2.07. The second-order valence-corrected chi connectivity index (χ2v) is 3.06. The maximum Gasteiger partial charge on any atom is 0.287 e. The van der Waals surface area contributed by atoms with Crippen LogP contribution in [-0.4, -0.2) is 5.36 Å². The molecule has 0 aliphatic carbocycles. The summed E-state index contributed by atoms with van der Waals surface area (Å²) in [5.41, 5.74) is 3.18. The topological polar surface area (TPSA) is 21.6 Å². The Labute approximate surface area is 75.8 Å². The second-order valence-electron chi connectivity index (χ2n) is 2.74. The normalized spacial score (nSPS) is 14.7. The Bertz CT molecular complexity index is 346. The van der Waals surface area contributed by atoms with Gasteiger partial charge in [0, 0.05) is 5.56 Å². The average molecular weight is 182 g/mol. The van der Waals surface area contributed by atoms with Crippen molar-refractivity contribution in [2.24, 2.45) is 4.99 Å². The van der Waals surface area contributed by atoms with Gasteiger partial charge in [-0.2, -0.15) is 0 Å². The van der Waals surface area contributed by atoms with Gasteiger partial charge in [0.15, 0.2) is 0 Å². The van der Waals surface area contributed by atoms with Crippen LogP contribution < -0.4 is 0 Å². The fraction of sp³-hybridized carbons (Fsp3) is 0.222. The molecule has 0 saturated carbocycles. The first-order valence-electron chi connectivity index (χ1n) is 3.73. The fourth-order valence-electron chi connectivity index (χ4n) is 1.25. The Morgan fingerprint density at radius 1 is 1.50 bits per heavy atom. The molecule has 0 N–H and O–H groups in total. The number of aryl methyl sites for hydroxylation is 1. The molecule has 12 heavy (non-hydrogen) atoms. The van der Waals surface area contributed by atoms with Crippen LogP contribution in [0.2, 0.25) is 0 Å². The molecule has 3 heteroatoms. The maximum atomic E-state index is 5.64. The molecule has 0 spiro atoms. The Hall–Kier alpha value is -1.02. The summed E-state index contributed by atoms with van der Waals surface area (Å²) in [4.78, 5) is 4.11. The molecule has 1 aliphatic rings. The molecule has 0 radical (unpaired) electrons. The third-order valence-electron chi connectivity index (χ3n) is 1.87. The molecule has 0 fully saturated rings. The Balaban J connectivity index is 2.59. The highest BCUT2D eigenvalue weighted by atomic mass is 35.5. The molecular formula is C9H8ClNO. The van der Waals surface area contributed by atoms with Gasteiger partial charge in [-0.15, -0.1) is 0 Å². The highest BCUT2D eigenvalue weighted by Crippen LogP contribution is 2.28. The number of hydrogen-bond acceptors (Lipinski definition) is 2. The zero-order valence-corrected chi connectivity index (χ0v) is 7.43. The highest BCUT2D eigenvalue weighted by molar-refractivity contribution is 6.63. The van der Waals surface area contributed by atoms with Crippen molar-refractivity contribution in [3.8, 4) is 0 Å². The van der Waals surface area contributed by atoms with Crippen LogP contribution >= 0.6 is 11.6 Å². The fourth-order valence-corrected chi connectivity index (χ4v) is 1.39. The van der Waals surface area contributed by atoms with Gasteiger partial charge in [0.2, 0.25) is 0 Å². The number of aliphatic imine (C=N–C) groups is 1. The molecule has 0 atom stereocenters. The minimum atomic E-state index is 0.233. The molecule has 0 saturated heterocycles. The number of para-hydroxylation sites is 1. The van der Waals surface area contributed by atoms with Crippen LogP contribution in [0.3, 0.4) is 0 Å². The van der Waals surface area contributed by atoms with Crippen molar-refractivity contribution in [1.29, 1.82) is 0 Å². The van der Waals surface area contributed by atoms with E-state index in [-0.39, 0.29) is 5.36 Å². The molecule has 0 amide bonds. The third kappa shape index (κ3) is 1.18. The maximum absolute atomic E-state index is 5.64. The van der Waals surface area contributed by atoms with E-state index in [4.69, 9.17) is 16.3 Å². The zero-order chi connectivity index (χ0) is 8.55. The van der Waals surface area contributed by atoms with Gasteiger partial charge in [-0.05, 0) is 24.1 Å². The first-order valence-corrected chi connectivity index (χ1v) is 4.10. The lowest BCUT2D eigenvalue weighted by Gasteiger charge is -2.14.